The molecule has 1 aromatic carbocycles. The lowest BCUT2D eigenvalue weighted by Gasteiger charge is -2.32. The third-order valence-electron chi connectivity index (χ3n) is 4.71. The summed E-state index contributed by atoms with van der Waals surface area (Å²) >= 11 is 0. The smallest absolute Gasteiger partial charge is 0.336 e. The molecule has 2 aromatic rings. The summed E-state index contributed by atoms with van der Waals surface area (Å²) in [5.41, 5.74) is 2.55. The zero-order chi connectivity index (χ0) is 16.6. The number of piperazine rings is 1. The Morgan fingerprint density at radius 1 is 1.22 bits per heavy atom. The molecule has 124 valence electrons. The van der Waals surface area contributed by atoms with Crippen molar-refractivity contribution in [3.8, 4) is 0 Å². The monoisotopic (exact) mass is 315 g/mol. The fraction of sp³-hybridized carbons (Fsp3) is 0.500. The Labute approximate surface area is 137 Å². The van der Waals surface area contributed by atoms with Crippen LogP contribution in [-0.4, -0.2) is 58.7 Å². The van der Waals surface area contributed by atoms with Crippen molar-refractivity contribution in [3.63, 3.8) is 0 Å². The third kappa shape index (κ3) is 3.12. The van der Waals surface area contributed by atoms with Crippen molar-refractivity contribution < 1.29 is 9.90 Å². The van der Waals surface area contributed by atoms with Gasteiger partial charge in [-0.3, -0.25) is 4.90 Å². The highest BCUT2D eigenvalue weighted by Crippen LogP contribution is 2.29. The minimum absolute atomic E-state index is 0.308. The summed E-state index contributed by atoms with van der Waals surface area (Å²) in [6, 6.07) is 5.88. The number of likely N-dealkylation sites (N-methyl/N-ethyl adjacent to an activating group) is 1. The average Bonchev–Trinajstić information content (AvgIpc) is 2.88. The quantitative estimate of drug-likeness (QED) is 0.942. The SMILES string of the molecule is CC(C)n1cc(CN2CCN(C)CC2)c2c(C(=O)O)cccc21. The number of hydrogen-bond acceptors (Lipinski definition) is 3. The number of benzene rings is 1. The fourth-order valence-electron chi connectivity index (χ4n) is 3.37. The van der Waals surface area contributed by atoms with Crippen LogP contribution in [0, 0.1) is 0 Å². The van der Waals surface area contributed by atoms with E-state index in [1.165, 1.54) is 0 Å². The molecule has 1 saturated heterocycles. The van der Waals surface area contributed by atoms with E-state index in [4.69, 9.17) is 0 Å². The van der Waals surface area contributed by atoms with Gasteiger partial charge in [0.15, 0.2) is 0 Å². The van der Waals surface area contributed by atoms with Gasteiger partial charge in [0.05, 0.1) is 5.56 Å². The number of carboxylic acid groups (broad SMARTS) is 1. The molecule has 5 nitrogen and oxygen atoms in total. The molecule has 3 rings (SSSR count). The molecular formula is C18H25N3O2. The second-order valence-electron chi connectivity index (χ2n) is 6.74. The molecule has 1 aromatic heterocycles. The van der Waals surface area contributed by atoms with Crippen LogP contribution in [0.15, 0.2) is 24.4 Å². The van der Waals surface area contributed by atoms with Crippen LogP contribution in [0.4, 0.5) is 0 Å². The van der Waals surface area contributed by atoms with Crippen molar-refractivity contribution in [1.82, 2.24) is 14.4 Å². The highest BCUT2D eigenvalue weighted by Gasteiger charge is 2.20. The van der Waals surface area contributed by atoms with E-state index in [0.29, 0.717) is 11.6 Å². The van der Waals surface area contributed by atoms with E-state index in [1.54, 1.807) is 6.07 Å². The number of fused-ring (bicyclic) bond motifs is 1. The fourth-order valence-corrected chi connectivity index (χ4v) is 3.37. The maximum Gasteiger partial charge on any atom is 0.336 e. The zero-order valence-corrected chi connectivity index (χ0v) is 14.1. The van der Waals surface area contributed by atoms with E-state index in [-0.39, 0.29) is 0 Å². The van der Waals surface area contributed by atoms with E-state index in [1.807, 2.05) is 12.1 Å². The first-order valence-electron chi connectivity index (χ1n) is 8.24. The number of aromatic carboxylic acids is 1. The first-order chi connectivity index (χ1) is 11.0. The largest absolute Gasteiger partial charge is 0.478 e. The lowest BCUT2D eigenvalue weighted by molar-refractivity contribution is 0.0699. The molecule has 23 heavy (non-hydrogen) atoms. The standard InChI is InChI=1S/C18H25N3O2/c1-13(2)21-12-14(11-20-9-7-19(3)8-10-20)17-15(18(22)23)5-4-6-16(17)21/h4-6,12-13H,7-11H2,1-3H3,(H,22,23). The van der Waals surface area contributed by atoms with Crippen LogP contribution < -0.4 is 0 Å². The van der Waals surface area contributed by atoms with E-state index in [2.05, 4.69) is 41.5 Å². The second-order valence-corrected chi connectivity index (χ2v) is 6.74. The highest BCUT2D eigenvalue weighted by atomic mass is 16.4. The number of nitrogens with zero attached hydrogens (tertiary/aromatic N) is 3. The third-order valence-corrected chi connectivity index (χ3v) is 4.71. The zero-order valence-electron chi connectivity index (χ0n) is 14.1. The summed E-state index contributed by atoms with van der Waals surface area (Å²) in [4.78, 5) is 16.4. The Kier molecular flexibility index (Phi) is 4.41. The average molecular weight is 315 g/mol. The molecule has 5 heteroatoms. The lowest BCUT2D eigenvalue weighted by Crippen LogP contribution is -2.43. The Morgan fingerprint density at radius 3 is 2.52 bits per heavy atom. The van der Waals surface area contributed by atoms with Gasteiger partial charge < -0.3 is 14.6 Å². The Bertz CT molecular complexity index is 712. The van der Waals surface area contributed by atoms with Crippen molar-refractivity contribution >= 4 is 16.9 Å². The Balaban J connectivity index is 2.03. The normalized spacial score (nSPS) is 17.2. The summed E-state index contributed by atoms with van der Waals surface area (Å²) < 4.78 is 2.19. The molecular weight excluding hydrogens is 290 g/mol. The van der Waals surface area contributed by atoms with Gasteiger partial charge in [-0.25, -0.2) is 4.79 Å². The molecule has 1 fully saturated rings. The first-order valence-corrected chi connectivity index (χ1v) is 8.24. The number of carbonyl (C=O) groups is 1. The summed E-state index contributed by atoms with van der Waals surface area (Å²) in [6.07, 6.45) is 2.14. The van der Waals surface area contributed by atoms with Crippen LogP contribution in [0.5, 0.6) is 0 Å². The first kappa shape index (κ1) is 16.0. The van der Waals surface area contributed by atoms with Gasteiger partial charge >= 0.3 is 5.97 Å². The molecule has 0 saturated carbocycles. The molecule has 0 spiro atoms. The molecule has 0 amide bonds. The maximum absolute atomic E-state index is 11.7. The molecule has 0 bridgehead atoms. The number of hydrogen-bond donors (Lipinski definition) is 1. The molecule has 2 heterocycles. The molecule has 0 unspecified atom stereocenters. The highest BCUT2D eigenvalue weighted by molar-refractivity contribution is 6.04. The van der Waals surface area contributed by atoms with E-state index in [0.717, 1.165) is 49.2 Å². The van der Waals surface area contributed by atoms with Crippen LogP contribution >= 0.6 is 0 Å². The summed E-state index contributed by atoms with van der Waals surface area (Å²) in [6.45, 7) is 9.26. The Hall–Kier alpha value is -1.85. The molecule has 0 aliphatic carbocycles. The van der Waals surface area contributed by atoms with Crippen molar-refractivity contribution in [2.45, 2.75) is 26.4 Å². The van der Waals surface area contributed by atoms with Gasteiger partial charge in [-0.2, -0.15) is 0 Å². The molecule has 1 aliphatic rings. The van der Waals surface area contributed by atoms with Crippen LogP contribution in [0.2, 0.25) is 0 Å². The van der Waals surface area contributed by atoms with Gasteiger partial charge in [-0.15, -0.1) is 0 Å². The number of rotatable bonds is 4. The minimum atomic E-state index is -0.850. The molecule has 0 atom stereocenters. The van der Waals surface area contributed by atoms with Gasteiger partial charge in [0.1, 0.15) is 0 Å². The molecule has 1 aliphatic heterocycles. The maximum atomic E-state index is 11.7. The van der Waals surface area contributed by atoms with Crippen LogP contribution in [0.1, 0.15) is 35.8 Å². The van der Waals surface area contributed by atoms with Gasteiger partial charge in [0.25, 0.3) is 0 Å². The summed E-state index contributed by atoms with van der Waals surface area (Å²) in [5, 5.41) is 10.5. The van der Waals surface area contributed by atoms with Gasteiger partial charge in [-0.05, 0) is 38.6 Å². The van der Waals surface area contributed by atoms with E-state index < -0.39 is 5.97 Å². The predicted octanol–water partition coefficient (Wildman–Crippen LogP) is 2.67. The van der Waals surface area contributed by atoms with Crippen LogP contribution in [0.3, 0.4) is 0 Å². The Morgan fingerprint density at radius 2 is 1.91 bits per heavy atom. The summed E-state index contributed by atoms with van der Waals surface area (Å²) in [5.74, 6) is -0.850. The predicted molar refractivity (Wildman–Crippen MR) is 92.1 cm³/mol. The summed E-state index contributed by atoms with van der Waals surface area (Å²) in [7, 11) is 2.14. The minimum Gasteiger partial charge on any atom is -0.478 e. The van der Waals surface area contributed by atoms with E-state index in [9.17, 15) is 9.90 Å². The van der Waals surface area contributed by atoms with Gasteiger partial charge in [0, 0.05) is 55.9 Å². The van der Waals surface area contributed by atoms with Gasteiger partial charge in [0.2, 0.25) is 0 Å². The lowest BCUT2D eigenvalue weighted by atomic mass is 10.1. The van der Waals surface area contributed by atoms with E-state index >= 15 is 0 Å². The van der Waals surface area contributed by atoms with Crippen molar-refractivity contribution in [3.05, 3.63) is 35.5 Å². The topological polar surface area (TPSA) is 48.7 Å². The van der Waals surface area contributed by atoms with Crippen LogP contribution in [-0.2, 0) is 6.54 Å². The number of aromatic nitrogens is 1. The van der Waals surface area contributed by atoms with Crippen molar-refractivity contribution in [2.24, 2.45) is 0 Å². The van der Waals surface area contributed by atoms with Crippen molar-refractivity contribution in [1.29, 1.82) is 0 Å². The van der Waals surface area contributed by atoms with Crippen molar-refractivity contribution in [2.75, 3.05) is 33.2 Å². The molecule has 1 N–H and O–H groups in total. The second kappa shape index (κ2) is 6.34. The van der Waals surface area contributed by atoms with Crippen LogP contribution in [0.25, 0.3) is 10.9 Å². The van der Waals surface area contributed by atoms with Gasteiger partial charge in [-0.1, -0.05) is 6.07 Å². The molecule has 0 radical (unpaired) electrons. The number of carboxylic acids is 1.